The Morgan fingerprint density at radius 2 is 1.55 bits per heavy atom. The van der Waals surface area contributed by atoms with Crippen molar-refractivity contribution < 1.29 is 19.3 Å². The lowest BCUT2D eigenvalue weighted by molar-refractivity contribution is 0.273. The number of hydrogen-bond acceptors (Lipinski definition) is 4. The minimum atomic E-state index is -0.102. The summed E-state index contributed by atoms with van der Waals surface area (Å²) < 4.78 is 15.7. The summed E-state index contributed by atoms with van der Waals surface area (Å²) in [5.41, 5.74) is 2.62. The SMILES string of the molecule is COc1ccc(/C=C/c2cc(OC)cc(OC)c2CO)cc1. The molecule has 0 aliphatic heterocycles. The molecule has 1 N–H and O–H groups in total. The van der Waals surface area contributed by atoms with E-state index < -0.39 is 0 Å². The van der Waals surface area contributed by atoms with Gasteiger partial charge in [-0.1, -0.05) is 24.3 Å². The Labute approximate surface area is 130 Å². The van der Waals surface area contributed by atoms with Crippen LogP contribution in [0, 0.1) is 0 Å². The highest BCUT2D eigenvalue weighted by molar-refractivity contribution is 5.73. The van der Waals surface area contributed by atoms with Crippen molar-refractivity contribution in [1.29, 1.82) is 0 Å². The predicted molar refractivity (Wildman–Crippen MR) is 87.4 cm³/mol. The van der Waals surface area contributed by atoms with Gasteiger partial charge in [0, 0.05) is 11.6 Å². The second-order valence-corrected chi connectivity index (χ2v) is 4.66. The van der Waals surface area contributed by atoms with E-state index in [0.29, 0.717) is 11.5 Å². The molecular formula is C18H20O4. The molecule has 2 aromatic carbocycles. The van der Waals surface area contributed by atoms with Crippen LogP contribution in [-0.4, -0.2) is 26.4 Å². The van der Waals surface area contributed by atoms with Crippen molar-refractivity contribution in [2.45, 2.75) is 6.61 Å². The van der Waals surface area contributed by atoms with Crippen molar-refractivity contribution in [3.63, 3.8) is 0 Å². The molecule has 0 aliphatic carbocycles. The zero-order valence-electron chi connectivity index (χ0n) is 13.0. The Bertz CT molecular complexity index is 645. The summed E-state index contributed by atoms with van der Waals surface area (Å²) in [6, 6.07) is 11.4. The number of aliphatic hydroxyl groups is 1. The van der Waals surface area contributed by atoms with Crippen LogP contribution in [0.3, 0.4) is 0 Å². The molecule has 0 unspecified atom stereocenters. The molecule has 0 fully saturated rings. The summed E-state index contributed by atoms with van der Waals surface area (Å²) in [6.45, 7) is -0.102. The van der Waals surface area contributed by atoms with Gasteiger partial charge in [0.2, 0.25) is 0 Å². The largest absolute Gasteiger partial charge is 0.497 e. The summed E-state index contributed by atoms with van der Waals surface area (Å²) in [5, 5.41) is 9.59. The fraction of sp³-hybridized carbons (Fsp3) is 0.222. The van der Waals surface area contributed by atoms with Crippen LogP contribution in [0.15, 0.2) is 36.4 Å². The van der Waals surface area contributed by atoms with Crippen LogP contribution in [0.4, 0.5) is 0 Å². The zero-order chi connectivity index (χ0) is 15.9. The van der Waals surface area contributed by atoms with Gasteiger partial charge in [0.15, 0.2) is 0 Å². The molecule has 2 rings (SSSR count). The molecule has 2 aromatic rings. The number of ether oxygens (including phenoxy) is 3. The Morgan fingerprint density at radius 1 is 0.864 bits per heavy atom. The molecule has 0 saturated heterocycles. The first kappa shape index (κ1) is 15.9. The van der Waals surface area contributed by atoms with Crippen LogP contribution in [-0.2, 0) is 6.61 Å². The van der Waals surface area contributed by atoms with E-state index in [0.717, 1.165) is 22.4 Å². The highest BCUT2D eigenvalue weighted by atomic mass is 16.5. The molecule has 4 nitrogen and oxygen atoms in total. The molecule has 0 aliphatic rings. The van der Waals surface area contributed by atoms with E-state index >= 15 is 0 Å². The van der Waals surface area contributed by atoms with Gasteiger partial charge in [0.1, 0.15) is 17.2 Å². The summed E-state index contributed by atoms with van der Waals surface area (Å²) in [6.07, 6.45) is 3.89. The third-order valence-electron chi connectivity index (χ3n) is 3.40. The number of benzene rings is 2. The molecular weight excluding hydrogens is 280 g/mol. The summed E-state index contributed by atoms with van der Waals surface area (Å²) in [7, 11) is 4.82. The monoisotopic (exact) mass is 300 g/mol. The Balaban J connectivity index is 2.35. The Hall–Kier alpha value is -2.46. The maximum Gasteiger partial charge on any atom is 0.128 e. The molecule has 4 heteroatoms. The quantitative estimate of drug-likeness (QED) is 0.831. The lowest BCUT2D eigenvalue weighted by Gasteiger charge is -2.12. The van der Waals surface area contributed by atoms with Gasteiger partial charge in [-0.25, -0.2) is 0 Å². The molecule has 0 saturated carbocycles. The van der Waals surface area contributed by atoms with Gasteiger partial charge in [-0.2, -0.15) is 0 Å². The first-order valence-corrected chi connectivity index (χ1v) is 6.89. The van der Waals surface area contributed by atoms with Gasteiger partial charge in [0.05, 0.1) is 27.9 Å². The van der Waals surface area contributed by atoms with Gasteiger partial charge < -0.3 is 19.3 Å². The van der Waals surface area contributed by atoms with Crippen molar-refractivity contribution in [3.05, 3.63) is 53.1 Å². The van der Waals surface area contributed by atoms with Gasteiger partial charge in [-0.3, -0.25) is 0 Å². The standard InChI is InChI=1S/C18H20O4/c1-20-15-8-5-13(6-9-15)4-7-14-10-16(21-2)11-18(22-3)17(14)12-19/h4-11,19H,12H2,1-3H3/b7-4+. The molecule has 0 spiro atoms. The Morgan fingerprint density at radius 3 is 2.09 bits per heavy atom. The third kappa shape index (κ3) is 3.59. The van der Waals surface area contributed by atoms with E-state index in [2.05, 4.69) is 0 Å². The zero-order valence-corrected chi connectivity index (χ0v) is 13.0. The number of aliphatic hydroxyl groups excluding tert-OH is 1. The number of methoxy groups -OCH3 is 3. The molecule has 0 bridgehead atoms. The normalized spacial score (nSPS) is 10.7. The van der Waals surface area contributed by atoms with E-state index in [4.69, 9.17) is 14.2 Å². The fourth-order valence-corrected chi connectivity index (χ4v) is 2.16. The lowest BCUT2D eigenvalue weighted by Crippen LogP contribution is -1.97. The summed E-state index contributed by atoms with van der Waals surface area (Å²) >= 11 is 0. The van der Waals surface area contributed by atoms with E-state index in [-0.39, 0.29) is 6.61 Å². The maximum atomic E-state index is 9.59. The lowest BCUT2D eigenvalue weighted by atomic mass is 10.0. The molecule has 0 heterocycles. The smallest absolute Gasteiger partial charge is 0.128 e. The molecule has 0 amide bonds. The van der Waals surface area contributed by atoms with Gasteiger partial charge in [-0.15, -0.1) is 0 Å². The first-order valence-electron chi connectivity index (χ1n) is 6.89. The van der Waals surface area contributed by atoms with Crippen LogP contribution in [0.5, 0.6) is 17.2 Å². The molecule has 116 valence electrons. The predicted octanol–water partition coefficient (Wildman–Crippen LogP) is 3.38. The van der Waals surface area contributed by atoms with Crippen molar-refractivity contribution in [1.82, 2.24) is 0 Å². The molecule has 0 atom stereocenters. The maximum absolute atomic E-state index is 9.59. The van der Waals surface area contributed by atoms with Gasteiger partial charge >= 0.3 is 0 Å². The van der Waals surface area contributed by atoms with Crippen molar-refractivity contribution in [2.75, 3.05) is 21.3 Å². The number of rotatable bonds is 6. The average Bonchev–Trinajstić information content (AvgIpc) is 2.59. The minimum absolute atomic E-state index is 0.102. The topological polar surface area (TPSA) is 47.9 Å². The second kappa shape index (κ2) is 7.52. The highest BCUT2D eigenvalue weighted by Gasteiger charge is 2.09. The van der Waals surface area contributed by atoms with Gasteiger partial charge in [0.25, 0.3) is 0 Å². The van der Waals surface area contributed by atoms with E-state index in [1.54, 1.807) is 27.4 Å². The van der Waals surface area contributed by atoms with Crippen molar-refractivity contribution in [2.24, 2.45) is 0 Å². The third-order valence-corrected chi connectivity index (χ3v) is 3.40. The van der Waals surface area contributed by atoms with Crippen molar-refractivity contribution >= 4 is 12.2 Å². The fourth-order valence-electron chi connectivity index (χ4n) is 2.16. The Kier molecular flexibility index (Phi) is 5.44. The first-order chi connectivity index (χ1) is 10.7. The van der Waals surface area contributed by atoms with Crippen LogP contribution in [0.25, 0.3) is 12.2 Å². The summed E-state index contributed by atoms with van der Waals surface area (Å²) in [5.74, 6) is 2.11. The van der Waals surface area contributed by atoms with Crippen LogP contribution < -0.4 is 14.2 Å². The minimum Gasteiger partial charge on any atom is -0.497 e. The molecule has 0 aromatic heterocycles. The van der Waals surface area contributed by atoms with Crippen LogP contribution in [0.1, 0.15) is 16.7 Å². The van der Waals surface area contributed by atoms with Gasteiger partial charge in [-0.05, 0) is 29.3 Å². The average molecular weight is 300 g/mol. The summed E-state index contributed by atoms with van der Waals surface area (Å²) in [4.78, 5) is 0. The van der Waals surface area contributed by atoms with Crippen molar-refractivity contribution in [3.8, 4) is 17.2 Å². The molecule has 0 radical (unpaired) electrons. The molecule has 22 heavy (non-hydrogen) atoms. The van der Waals surface area contributed by atoms with E-state index in [1.165, 1.54) is 0 Å². The van der Waals surface area contributed by atoms with E-state index in [1.807, 2.05) is 42.5 Å². The van der Waals surface area contributed by atoms with Crippen LogP contribution in [0.2, 0.25) is 0 Å². The second-order valence-electron chi connectivity index (χ2n) is 4.66. The van der Waals surface area contributed by atoms with E-state index in [9.17, 15) is 5.11 Å². The number of hydrogen-bond donors (Lipinski definition) is 1. The van der Waals surface area contributed by atoms with Crippen LogP contribution >= 0.6 is 0 Å². The highest BCUT2D eigenvalue weighted by Crippen LogP contribution is 2.30.